The van der Waals surface area contributed by atoms with E-state index in [1.807, 2.05) is 6.92 Å². The van der Waals surface area contributed by atoms with Gasteiger partial charge in [0.15, 0.2) is 0 Å². The Morgan fingerprint density at radius 1 is 0.543 bits per heavy atom. The number of fused-ring (bicyclic) bond motifs is 14. The van der Waals surface area contributed by atoms with Gasteiger partial charge in [-0.1, -0.05) is 113 Å². The molecule has 8 saturated carbocycles. The first-order chi connectivity index (χ1) is 32.0. The lowest BCUT2D eigenvalue weighted by molar-refractivity contribution is -0.203. The number of carbonyl (C=O) groups is 2. The quantitative estimate of drug-likeness (QED) is 0.163. The molecule has 0 amide bonds. The number of carboxylic acids is 1. The van der Waals surface area contributed by atoms with E-state index in [2.05, 4.69) is 124 Å². The SMILES string of the molecule is CC1(C)C2CC[C@]3(C)C(CC=C4[C@@H]5C[C@@](C)(C(=O)Cl)CC[C@]5(C)CC[C@@]43C)[C@@]2(C)CC[C@@H]1Cl.CC1(C)C2CC[C@]3(C)C(CC=C4[C@@H]5C[C@@](C)(C(=O)O)CC[C@]5(C)CC[C@@]43C)[C@@]2(C)CC[C@@H]1O.O=S(Cl)Cl. The van der Waals surface area contributed by atoms with Crippen molar-refractivity contribution in [3.8, 4) is 0 Å². The van der Waals surface area contributed by atoms with Crippen molar-refractivity contribution >= 4 is 65.0 Å². The third-order valence-electron chi connectivity index (χ3n) is 26.5. The molecule has 8 fully saturated rings. The average molecular weight is 1070 g/mol. The van der Waals surface area contributed by atoms with Gasteiger partial charge < -0.3 is 10.2 Å². The summed E-state index contributed by atoms with van der Waals surface area (Å²) in [4.78, 5) is 24.7. The molecule has 10 rings (SSSR count). The maximum absolute atomic E-state index is 12.5. The van der Waals surface area contributed by atoms with Crippen LogP contribution in [0.3, 0.4) is 0 Å². The number of carboxylic acid groups (broad SMARTS) is 1. The maximum atomic E-state index is 12.5. The van der Waals surface area contributed by atoms with Gasteiger partial charge in [0, 0.05) is 32.2 Å². The zero-order valence-electron chi connectivity index (χ0n) is 46.0. The molecule has 0 bridgehead atoms. The van der Waals surface area contributed by atoms with Crippen LogP contribution in [0.2, 0.25) is 0 Å². The molecule has 0 aliphatic heterocycles. The monoisotopic (exact) mass is 1070 g/mol. The van der Waals surface area contributed by atoms with E-state index >= 15 is 0 Å². The lowest BCUT2D eigenvalue weighted by Gasteiger charge is -2.71. The average Bonchev–Trinajstić information content (AvgIpc) is 3.25. The summed E-state index contributed by atoms with van der Waals surface area (Å²) >= 11 is 13.1. The smallest absolute Gasteiger partial charge is 0.309 e. The molecule has 0 saturated heterocycles. The number of hydrogen-bond donors (Lipinski definition) is 2. The number of aliphatic carboxylic acids is 1. The van der Waals surface area contributed by atoms with Crippen LogP contribution < -0.4 is 0 Å². The Kier molecular flexibility index (Phi) is 14.4. The summed E-state index contributed by atoms with van der Waals surface area (Å²) in [5.41, 5.74) is 4.71. The van der Waals surface area contributed by atoms with Crippen molar-refractivity contribution in [2.45, 2.75) is 237 Å². The van der Waals surface area contributed by atoms with Crippen molar-refractivity contribution in [2.75, 3.05) is 0 Å². The van der Waals surface area contributed by atoms with Gasteiger partial charge in [0.2, 0.25) is 14.5 Å². The molecular formula is C60H94Cl4O5S. The fourth-order valence-corrected chi connectivity index (χ4v) is 21.5. The molecule has 18 atom stereocenters. The van der Waals surface area contributed by atoms with Gasteiger partial charge in [0.1, 0.15) is 0 Å². The van der Waals surface area contributed by atoms with Gasteiger partial charge in [0.25, 0.3) is 0 Å². The van der Waals surface area contributed by atoms with Gasteiger partial charge in [0.05, 0.1) is 11.5 Å². The molecule has 0 aromatic rings. The van der Waals surface area contributed by atoms with E-state index in [-0.39, 0.29) is 54.7 Å². The summed E-state index contributed by atoms with van der Waals surface area (Å²) in [6, 6.07) is 0. The molecule has 10 aliphatic rings. The minimum Gasteiger partial charge on any atom is -0.481 e. The molecule has 4 unspecified atom stereocenters. The molecule has 10 aliphatic carbocycles. The number of hydrogen-bond acceptors (Lipinski definition) is 4. The fraction of sp³-hybridized carbons (Fsp3) is 0.900. The standard InChI is InChI=1S/C30H46Cl2O.C30H48O3.Cl2OS/c2*1-25(2)21-10-13-30(7)22(28(21,5)12-11-23(25)31)9-8-19-20-18-27(4,24(32)33)15-14-26(20,3)16-17-29(19,30)6;1-4(2)3/h8,20-23H,9-18H2,1-7H3;8,20-23,31H,9-18H2,1-7H3,(H,32,33);/t2*20-,21?,22?,23-,26+,27-,28-,29-,30+;/m00./s1. The van der Waals surface area contributed by atoms with Gasteiger partial charge in [-0.25, -0.2) is 4.21 Å². The van der Waals surface area contributed by atoms with Gasteiger partial charge in [-0.2, -0.15) is 0 Å². The predicted octanol–water partition coefficient (Wildman–Crippen LogP) is 17.4. The number of allylic oxidation sites excluding steroid dienone is 4. The second kappa shape index (κ2) is 18.0. The molecule has 398 valence electrons. The summed E-state index contributed by atoms with van der Waals surface area (Å²) in [5.74, 6) is 2.93. The van der Waals surface area contributed by atoms with Crippen LogP contribution in [0, 0.1) is 100 Å². The number of halogens is 4. The number of aliphatic hydroxyl groups is 1. The van der Waals surface area contributed by atoms with Crippen LogP contribution in [0.15, 0.2) is 23.3 Å². The first-order valence-corrected chi connectivity index (χ1v) is 31.5. The third-order valence-corrected chi connectivity index (χ3v) is 27.8. The van der Waals surface area contributed by atoms with E-state index < -0.39 is 20.6 Å². The summed E-state index contributed by atoms with van der Waals surface area (Å²) in [5, 5.41) is 21.1. The van der Waals surface area contributed by atoms with Crippen molar-refractivity contribution < 1.29 is 24.0 Å². The zero-order chi connectivity index (χ0) is 52.1. The maximum Gasteiger partial charge on any atom is 0.309 e. The minimum atomic E-state index is -1.67. The highest BCUT2D eigenvalue weighted by Gasteiger charge is 2.70. The second-order valence-corrected chi connectivity index (χ2v) is 33.4. The Hall–Kier alpha value is -0.110. The Morgan fingerprint density at radius 3 is 1.36 bits per heavy atom. The van der Waals surface area contributed by atoms with Crippen molar-refractivity contribution in [3.63, 3.8) is 0 Å². The molecule has 0 aromatic carbocycles. The first kappa shape index (κ1) is 56.1. The van der Waals surface area contributed by atoms with E-state index in [0.717, 1.165) is 70.1 Å². The van der Waals surface area contributed by atoms with Crippen LogP contribution in [0.4, 0.5) is 0 Å². The third kappa shape index (κ3) is 8.08. The summed E-state index contributed by atoms with van der Waals surface area (Å²) in [6.45, 7) is 34.2. The normalized spacial score (nSPS) is 52.7. The van der Waals surface area contributed by atoms with Gasteiger partial charge in [-0.15, -0.1) is 11.6 Å². The zero-order valence-corrected chi connectivity index (χ0v) is 49.8. The highest BCUT2D eigenvalue weighted by molar-refractivity contribution is 8.26. The molecule has 5 nitrogen and oxygen atoms in total. The van der Waals surface area contributed by atoms with Crippen molar-refractivity contribution in [1.29, 1.82) is 0 Å². The highest BCUT2D eigenvalue weighted by atomic mass is 36.0. The number of aliphatic hydroxyl groups excluding tert-OH is 1. The first-order valence-electron chi connectivity index (χ1n) is 27.9. The molecule has 0 aromatic heterocycles. The van der Waals surface area contributed by atoms with E-state index in [9.17, 15) is 19.8 Å². The summed E-state index contributed by atoms with van der Waals surface area (Å²) in [6.07, 6.45) is 27.8. The van der Waals surface area contributed by atoms with Crippen molar-refractivity contribution in [1.82, 2.24) is 0 Å². The van der Waals surface area contributed by atoms with Crippen molar-refractivity contribution in [2.24, 2.45) is 100 Å². The van der Waals surface area contributed by atoms with E-state index in [4.69, 9.17) is 27.4 Å². The molecule has 70 heavy (non-hydrogen) atoms. The largest absolute Gasteiger partial charge is 0.481 e. The second-order valence-electron chi connectivity index (χ2n) is 30.0. The van der Waals surface area contributed by atoms with Gasteiger partial charge in [-0.3, -0.25) is 9.59 Å². The van der Waals surface area contributed by atoms with Crippen LogP contribution in [0.5, 0.6) is 0 Å². The molecule has 0 heterocycles. The van der Waals surface area contributed by atoms with Crippen LogP contribution in [-0.2, 0) is 18.8 Å². The number of carbonyl (C=O) groups excluding carboxylic acids is 1. The Bertz CT molecular complexity index is 2040. The predicted molar refractivity (Wildman–Crippen MR) is 292 cm³/mol. The minimum absolute atomic E-state index is 0.0168. The Morgan fingerprint density at radius 2 is 0.929 bits per heavy atom. The van der Waals surface area contributed by atoms with Crippen LogP contribution in [-0.4, -0.2) is 37.1 Å². The van der Waals surface area contributed by atoms with Crippen molar-refractivity contribution in [3.05, 3.63) is 23.3 Å². The van der Waals surface area contributed by atoms with Crippen LogP contribution >= 0.6 is 44.6 Å². The fourth-order valence-electron chi connectivity index (χ4n) is 21.0. The summed E-state index contributed by atoms with van der Waals surface area (Å²) in [7, 11) is 7.36. The van der Waals surface area contributed by atoms with Crippen LogP contribution in [0.25, 0.3) is 0 Å². The van der Waals surface area contributed by atoms with Gasteiger partial charge in [-0.05, 0) is 237 Å². The van der Waals surface area contributed by atoms with E-state index in [0.29, 0.717) is 51.2 Å². The highest BCUT2D eigenvalue weighted by Crippen LogP contribution is 2.78. The summed E-state index contributed by atoms with van der Waals surface area (Å²) < 4.78 is 9.09. The molecule has 2 N–H and O–H groups in total. The Balaban J connectivity index is 0.000000175. The molecule has 10 heteroatoms. The molecule has 0 spiro atoms. The lowest BCUT2D eigenvalue weighted by Crippen LogP contribution is -2.64. The van der Waals surface area contributed by atoms with E-state index in [1.54, 1.807) is 11.1 Å². The topological polar surface area (TPSA) is 91.7 Å². The number of alkyl halides is 1. The number of rotatable bonds is 2. The lowest BCUT2D eigenvalue weighted by atomic mass is 9.33. The molecular weight excluding hydrogens is 975 g/mol. The molecule has 0 radical (unpaired) electrons. The van der Waals surface area contributed by atoms with Crippen LogP contribution in [0.1, 0.15) is 225 Å². The van der Waals surface area contributed by atoms with Gasteiger partial charge >= 0.3 is 5.97 Å². The Labute approximate surface area is 446 Å². The van der Waals surface area contributed by atoms with E-state index in [1.165, 1.54) is 64.2 Å².